The maximum atomic E-state index is 11.9. The van der Waals surface area contributed by atoms with E-state index in [1.54, 1.807) is 0 Å². The van der Waals surface area contributed by atoms with Gasteiger partial charge >= 0.3 is 5.97 Å². The summed E-state index contributed by atoms with van der Waals surface area (Å²) in [7, 11) is 6.19. The number of likely N-dealkylation sites (N-methyl/N-ethyl adjacent to an activating group) is 1. The van der Waals surface area contributed by atoms with Crippen LogP contribution < -0.4 is 5.32 Å². The van der Waals surface area contributed by atoms with Crippen LogP contribution in [0.1, 0.15) is 58.3 Å². The molecule has 0 spiro atoms. The Balaban J connectivity index is 3.55. The van der Waals surface area contributed by atoms with Gasteiger partial charge in [-0.15, -0.1) is 11.8 Å². The summed E-state index contributed by atoms with van der Waals surface area (Å²) in [6.45, 7) is 3.97. The number of ether oxygens (including phenoxy) is 1. The van der Waals surface area contributed by atoms with Crippen LogP contribution in [0.5, 0.6) is 0 Å². The first-order chi connectivity index (χ1) is 16.8. The van der Waals surface area contributed by atoms with E-state index >= 15 is 0 Å². The van der Waals surface area contributed by atoms with Crippen molar-refractivity contribution in [3.63, 3.8) is 0 Å². The van der Waals surface area contributed by atoms with Crippen LogP contribution in [0.15, 0.2) is 60.8 Å². The second kappa shape index (κ2) is 23.7. The van der Waals surface area contributed by atoms with Gasteiger partial charge < -0.3 is 14.5 Å². The van der Waals surface area contributed by atoms with Crippen LogP contribution in [0.4, 0.5) is 0 Å². The van der Waals surface area contributed by atoms with Gasteiger partial charge in [-0.2, -0.15) is 0 Å². The number of unbranched alkanes of at least 4 members (excludes halogenated alkanes) is 1. The molecule has 198 valence electrons. The van der Waals surface area contributed by atoms with Crippen LogP contribution in [0, 0.1) is 0 Å². The van der Waals surface area contributed by atoms with E-state index in [1.807, 2.05) is 0 Å². The van der Waals surface area contributed by atoms with Crippen molar-refractivity contribution in [2.45, 2.75) is 58.3 Å². The fraction of sp³-hybridized carbons (Fsp3) is 0.586. The van der Waals surface area contributed by atoms with Gasteiger partial charge in [0.2, 0.25) is 5.91 Å². The van der Waals surface area contributed by atoms with Gasteiger partial charge in [-0.05, 0) is 44.9 Å². The molecule has 0 saturated heterocycles. The first-order valence-electron chi connectivity index (χ1n) is 12.9. The minimum atomic E-state index is -0.188. The number of nitrogens with zero attached hydrogens (tertiary/aromatic N) is 1. The smallest absolute Gasteiger partial charge is 0.316 e. The summed E-state index contributed by atoms with van der Waals surface area (Å²) < 4.78 is 5.98. The van der Waals surface area contributed by atoms with Gasteiger partial charge in [-0.3, -0.25) is 9.59 Å². The highest BCUT2D eigenvalue weighted by Gasteiger charge is 2.09. The molecule has 0 fully saturated rings. The van der Waals surface area contributed by atoms with Gasteiger partial charge in [-0.1, -0.05) is 67.7 Å². The third-order valence-electron chi connectivity index (χ3n) is 4.75. The minimum Gasteiger partial charge on any atom is -0.459 e. The lowest BCUT2D eigenvalue weighted by atomic mass is 10.2. The van der Waals surface area contributed by atoms with Crippen molar-refractivity contribution in [1.29, 1.82) is 0 Å². The van der Waals surface area contributed by atoms with Crippen LogP contribution in [-0.4, -0.2) is 68.7 Å². The standard InChI is InChI=1S/C29H48N2O3S/c1-5-6-7-8-9-10-11-12-13-14-15-16-17-18-19-20-21-22-28(32)30-23-26-35-27-29(33)34-25-24-31(2,3)4/h6-7,9-10,12-13,15-16,18-19H,5,8,11,14,17,20-27H2,1-4H3/p+1/b7-6-,10-9-,13-12-,16-15-,19-18-. The highest BCUT2D eigenvalue weighted by atomic mass is 32.2. The van der Waals surface area contributed by atoms with Gasteiger partial charge in [0.05, 0.1) is 26.9 Å². The molecule has 5 nitrogen and oxygen atoms in total. The van der Waals surface area contributed by atoms with Gasteiger partial charge in [-0.25, -0.2) is 0 Å². The van der Waals surface area contributed by atoms with E-state index < -0.39 is 0 Å². The van der Waals surface area contributed by atoms with Crippen molar-refractivity contribution in [2.24, 2.45) is 0 Å². The monoisotopic (exact) mass is 505 g/mol. The van der Waals surface area contributed by atoms with Crippen LogP contribution >= 0.6 is 11.8 Å². The molecule has 0 saturated carbocycles. The Morgan fingerprint density at radius 1 is 0.829 bits per heavy atom. The Hall–Kier alpha value is -2.05. The quantitative estimate of drug-likeness (QED) is 0.0899. The largest absolute Gasteiger partial charge is 0.459 e. The van der Waals surface area contributed by atoms with E-state index in [4.69, 9.17) is 4.74 Å². The molecule has 0 aromatic carbocycles. The number of amides is 1. The third-order valence-corrected chi connectivity index (χ3v) is 5.68. The Bertz CT molecular complexity index is 689. The molecule has 35 heavy (non-hydrogen) atoms. The predicted molar refractivity (Wildman–Crippen MR) is 153 cm³/mol. The average Bonchev–Trinajstić information content (AvgIpc) is 2.80. The van der Waals surface area contributed by atoms with E-state index in [9.17, 15) is 9.59 Å². The second-order valence-corrected chi connectivity index (χ2v) is 10.3. The Morgan fingerprint density at radius 3 is 1.91 bits per heavy atom. The number of hydrogen-bond acceptors (Lipinski definition) is 4. The maximum Gasteiger partial charge on any atom is 0.316 e. The predicted octanol–water partition coefficient (Wildman–Crippen LogP) is 6.01. The fourth-order valence-electron chi connectivity index (χ4n) is 2.73. The highest BCUT2D eigenvalue weighted by Crippen LogP contribution is 2.02. The molecule has 0 atom stereocenters. The van der Waals surface area contributed by atoms with Crippen LogP contribution in [0.3, 0.4) is 0 Å². The normalized spacial score (nSPS) is 12.7. The summed E-state index contributed by atoms with van der Waals surface area (Å²) in [5.74, 6) is 0.928. The van der Waals surface area contributed by atoms with Crippen LogP contribution in [0.2, 0.25) is 0 Å². The van der Waals surface area contributed by atoms with Crippen LogP contribution in [-0.2, 0) is 14.3 Å². The number of esters is 1. The molecule has 0 aliphatic heterocycles. The minimum absolute atomic E-state index is 0.0727. The second-order valence-electron chi connectivity index (χ2n) is 9.24. The zero-order valence-corrected chi connectivity index (χ0v) is 23.4. The van der Waals surface area contributed by atoms with E-state index in [0.29, 0.717) is 31.1 Å². The Labute approximate surface area is 219 Å². The highest BCUT2D eigenvalue weighted by molar-refractivity contribution is 7.99. The van der Waals surface area contributed by atoms with Crippen molar-refractivity contribution < 1.29 is 18.8 Å². The molecule has 0 aromatic heterocycles. The number of nitrogens with one attached hydrogen (secondary N) is 1. The molecule has 0 aromatic rings. The van der Waals surface area contributed by atoms with Gasteiger partial charge in [0.25, 0.3) is 0 Å². The third kappa shape index (κ3) is 28.1. The van der Waals surface area contributed by atoms with Crippen molar-refractivity contribution in [2.75, 3.05) is 52.3 Å². The number of quaternary nitrogens is 1. The number of allylic oxidation sites excluding steroid dienone is 10. The first-order valence-corrected chi connectivity index (χ1v) is 14.1. The van der Waals surface area contributed by atoms with E-state index in [1.165, 1.54) is 11.8 Å². The molecule has 0 aliphatic rings. The van der Waals surface area contributed by atoms with Crippen LogP contribution in [0.25, 0.3) is 0 Å². The summed E-state index contributed by atoms with van der Waals surface area (Å²) in [6.07, 6.45) is 29.2. The summed E-state index contributed by atoms with van der Waals surface area (Å²) in [5.41, 5.74) is 0. The SMILES string of the molecule is CC/C=C\C/C=C\C/C=C\C/C=C\C/C=C\CCCC(=O)NCCSCC(=O)OCC[N+](C)(C)C. The summed E-state index contributed by atoms with van der Waals surface area (Å²) >= 11 is 1.49. The van der Waals surface area contributed by atoms with Crippen molar-refractivity contribution >= 4 is 23.6 Å². The molecular formula is C29H49N2O3S+. The zero-order chi connectivity index (χ0) is 26.0. The molecule has 1 N–H and O–H groups in total. The Morgan fingerprint density at radius 2 is 1.37 bits per heavy atom. The lowest BCUT2D eigenvalue weighted by molar-refractivity contribution is -0.870. The molecule has 0 unspecified atom stereocenters. The number of carbonyl (C=O) groups excluding carboxylic acids is 2. The summed E-state index contributed by atoms with van der Waals surface area (Å²) in [4.78, 5) is 23.5. The molecular weight excluding hydrogens is 456 g/mol. The molecule has 6 heteroatoms. The van der Waals surface area contributed by atoms with Crippen molar-refractivity contribution in [1.82, 2.24) is 5.32 Å². The van der Waals surface area contributed by atoms with E-state index in [2.05, 4.69) is 94.1 Å². The molecule has 0 heterocycles. The zero-order valence-electron chi connectivity index (χ0n) is 22.5. The van der Waals surface area contributed by atoms with Gasteiger partial charge in [0.15, 0.2) is 0 Å². The number of hydrogen-bond donors (Lipinski definition) is 1. The maximum absolute atomic E-state index is 11.9. The number of rotatable bonds is 21. The van der Waals surface area contributed by atoms with Gasteiger partial charge in [0, 0.05) is 18.7 Å². The fourth-order valence-corrected chi connectivity index (χ4v) is 3.37. The van der Waals surface area contributed by atoms with Gasteiger partial charge in [0.1, 0.15) is 13.2 Å². The number of thioether (sulfide) groups is 1. The van der Waals surface area contributed by atoms with E-state index in [0.717, 1.165) is 56.0 Å². The lowest BCUT2D eigenvalue weighted by Crippen LogP contribution is -2.38. The topological polar surface area (TPSA) is 55.4 Å². The van der Waals surface area contributed by atoms with E-state index in [-0.39, 0.29) is 11.9 Å². The van der Waals surface area contributed by atoms with Crippen molar-refractivity contribution in [3.8, 4) is 0 Å². The van der Waals surface area contributed by atoms with Crippen molar-refractivity contribution in [3.05, 3.63) is 60.8 Å². The molecule has 1 amide bonds. The Kier molecular flexibility index (Phi) is 22.3. The summed E-state index contributed by atoms with van der Waals surface area (Å²) in [6, 6.07) is 0. The lowest BCUT2D eigenvalue weighted by Gasteiger charge is -2.23. The molecule has 0 bridgehead atoms. The molecule has 0 radical (unpaired) electrons. The molecule has 0 rings (SSSR count). The summed E-state index contributed by atoms with van der Waals surface area (Å²) in [5, 5.41) is 2.91. The first kappa shape index (κ1) is 33.0. The average molecular weight is 506 g/mol. The molecule has 0 aliphatic carbocycles. The number of carbonyl (C=O) groups is 2.